The maximum absolute atomic E-state index is 12.4. The van der Waals surface area contributed by atoms with Crippen LogP contribution in [0.1, 0.15) is 62.9 Å². The largest absolute Gasteiger partial charge is 0.497 e. The van der Waals surface area contributed by atoms with Crippen molar-refractivity contribution in [3.05, 3.63) is 52.5 Å². The second-order valence-electron chi connectivity index (χ2n) is 7.43. The van der Waals surface area contributed by atoms with Crippen molar-refractivity contribution in [2.45, 2.75) is 33.6 Å². The van der Waals surface area contributed by atoms with Gasteiger partial charge in [-0.3, -0.25) is 25.2 Å². The zero-order valence-corrected chi connectivity index (χ0v) is 15.8. The normalized spacial score (nSPS) is 15.0. The lowest BCUT2D eigenvalue weighted by atomic mass is 9.76. The van der Waals surface area contributed by atoms with Crippen LogP contribution in [0.2, 0.25) is 0 Å². The summed E-state index contributed by atoms with van der Waals surface area (Å²) >= 11 is 0. The number of hydrazine groups is 1. The molecule has 0 spiro atoms. The van der Waals surface area contributed by atoms with Crippen LogP contribution in [-0.2, 0) is 6.42 Å². The molecule has 0 saturated carbocycles. The van der Waals surface area contributed by atoms with Crippen molar-refractivity contribution in [1.29, 1.82) is 0 Å². The fourth-order valence-corrected chi connectivity index (χ4v) is 3.28. The van der Waals surface area contributed by atoms with Crippen molar-refractivity contribution in [2.75, 3.05) is 7.11 Å². The molecule has 0 unspecified atom stereocenters. The Bertz CT molecular complexity index is 909. The summed E-state index contributed by atoms with van der Waals surface area (Å²) < 4.78 is 10.7. The Labute approximate surface area is 157 Å². The van der Waals surface area contributed by atoms with Gasteiger partial charge in [-0.25, -0.2) is 0 Å². The highest BCUT2D eigenvalue weighted by Gasteiger charge is 2.37. The molecule has 0 aliphatic heterocycles. The number of hydrogen-bond acceptors (Lipinski definition) is 5. The topological polar surface area (TPSA) is 97.6 Å². The van der Waals surface area contributed by atoms with Gasteiger partial charge < -0.3 is 9.15 Å². The molecule has 3 rings (SSSR count). The molecule has 1 aliphatic rings. The van der Waals surface area contributed by atoms with E-state index in [-0.39, 0.29) is 17.0 Å². The first-order chi connectivity index (χ1) is 12.7. The lowest BCUT2D eigenvalue weighted by molar-refractivity contribution is 0.0827. The van der Waals surface area contributed by atoms with E-state index in [9.17, 15) is 14.4 Å². The highest BCUT2D eigenvalue weighted by atomic mass is 16.5. The molecule has 1 heterocycles. The van der Waals surface area contributed by atoms with Crippen LogP contribution in [0.4, 0.5) is 0 Å². The molecule has 7 heteroatoms. The van der Waals surface area contributed by atoms with E-state index in [1.54, 1.807) is 31.2 Å². The van der Waals surface area contributed by atoms with Crippen LogP contribution in [0, 0.1) is 12.3 Å². The summed E-state index contributed by atoms with van der Waals surface area (Å²) in [7, 11) is 1.53. The second-order valence-corrected chi connectivity index (χ2v) is 7.43. The Kier molecular flexibility index (Phi) is 4.78. The van der Waals surface area contributed by atoms with Gasteiger partial charge in [0.15, 0.2) is 11.5 Å². The maximum Gasteiger partial charge on any atom is 0.305 e. The minimum atomic E-state index is -0.602. The molecule has 0 bridgehead atoms. The molecule has 1 aromatic carbocycles. The van der Waals surface area contributed by atoms with E-state index < -0.39 is 11.8 Å². The van der Waals surface area contributed by atoms with Crippen LogP contribution in [0.15, 0.2) is 28.7 Å². The first kappa shape index (κ1) is 18.7. The van der Waals surface area contributed by atoms with E-state index in [2.05, 4.69) is 10.9 Å². The van der Waals surface area contributed by atoms with Gasteiger partial charge in [-0.1, -0.05) is 13.8 Å². The number of ketones is 1. The van der Waals surface area contributed by atoms with Gasteiger partial charge in [-0.05, 0) is 36.6 Å². The summed E-state index contributed by atoms with van der Waals surface area (Å²) in [5.41, 5.74) is 5.83. The van der Waals surface area contributed by atoms with Crippen molar-refractivity contribution in [3.63, 3.8) is 0 Å². The molecular formula is C20H22N2O5. The van der Waals surface area contributed by atoms with Gasteiger partial charge in [-0.2, -0.15) is 0 Å². The summed E-state index contributed by atoms with van der Waals surface area (Å²) in [6.45, 7) is 5.65. The average molecular weight is 370 g/mol. The third-order valence-corrected chi connectivity index (χ3v) is 4.62. The predicted molar refractivity (Wildman–Crippen MR) is 97.8 cm³/mol. The van der Waals surface area contributed by atoms with Gasteiger partial charge in [0.25, 0.3) is 5.91 Å². The lowest BCUT2D eigenvalue weighted by Crippen LogP contribution is -2.41. The van der Waals surface area contributed by atoms with Crippen LogP contribution >= 0.6 is 0 Å². The van der Waals surface area contributed by atoms with Crippen molar-refractivity contribution in [3.8, 4) is 5.75 Å². The molecule has 2 N–H and O–H groups in total. The Hall–Kier alpha value is -3.09. The quantitative estimate of drug-likeness (QED) is 0.810. The third kappa shape index (κ3) is 3.72. The highest BCUT2D eigenvalue weighted by Crippen LogP contribution is 2.38. The third-order valence-electron chi connectivity index (χ3n) is 4.62. The Morgan fingerprint density at radius 1 is 1.07 bits per heavy atom. The summed E-state index contributed by atoms with van der Waals surface area (Å²) in [4.78, 5) is 37.0. The zero-order valence-electron chi connectivity index (χ0n) is 15.8. The van der Waals surface area contributed by atoms with E-state index in [1.807, 2.05) is 13.8 Å². The molecule has 1 aromatic heterocycles. The van der Waals surface area contributed by atoms with Crippen LogP contribution in [-0.4, -0.2) is 24.7 Å². The molecule has 0 atom stereocenters. The minimum Gasteiger partial charge on any atom is -0.497 e. The van der Waals surface area contributed by atoms with Crippen molar-refractivity contribution in [2.24, 2.45) is 5.41 Å². The number of nitrogens with one attached hydrogen (secondary N) is 2. The molecule has 2 amide bonds. The maximum atomic E-state index is 12.4. The number of amides is 2. The number of fused-ring (bicyclic) bond motifs is 1. The summed E-state index contributed by atoms with van der Waals surface area (Å²) in [5, 5.41) is 0. The smallest absolute Gasteiger partial charge is 0.305 e. The Morgan fingerprint density at radius 2 is 1.70 bits per heavy atom. The molecule has 1 aliphatic carbocycles. The lowest BCUT2D eigenvalue weighted by Gasteiger charge is -2.27. The molecule has 0 fully saturated rings. The first-order valence-corrected chi connectivity index (χ1v) is 8.62. The minimum absolute atomic E-state index is 0.0242. The Morgan fingerprint density at radius 3 is 2.33 bits per heavy atom. The number of carbonyl (C=O) groups is 3. The number of Topliss-reactive ketones (excluding diaryl/α,β-unsaturated/α-hetero) is 1. The van der Waals surface area contributed by atoms with Gasteiger partial charge in [0.1, 0.15) is 11.5 Å². The fraction of sp³-hybridized carbons (Fsp3) is 0.350. The standard InChI is InChI=1S/C20H22N2O5/c1-11-16-14(23)9-20(2,3)10-15(16)27-17(11)19(25)22-21-18(24)12-5-7-13(26-4)8-6-12/h5-8H,9-10H2,1-4H3,(H,21,24)(H,22,25). The van der Waals surface area contributed by atoms with E-state index in [1.165, 1.54) is 7.11 Å². The second kappa shape index (κ2) is 6.90. The number of furan rings is 1. The molecule has 0 radical (unpaired) electrons. The average Bonchev–Trinajstić information content (AvgIpc) is 2.94. The summed E-state index contributed by atoms with van der Waals surface area (Å²) in [6, 6.07) is 6.46. The number of benzene rings is 1. The van der Waals surface area contributed by atoms with Gasteiger partial charge >= 0.3 is 5.91 Å². The van der Waals surface area contributed by atoms with Gasteiger partial charge in [0.2, 0.25) is 0 Å². The molecule has 27 heavy (non-hydrogen) atoms. The monoisotopic (exact) mass is 370 g/mol. The summed E-state index contributed by atoms with van der Waals surface area (Å²) in [5.74, 6) is 0.0943. The van der Waals surface area contributed by atoms with Crippen molar-refractivity contribution < 1.29 is 23.5 Å². The van der Waals surface area contributed by atoms with Crippen LogP contribution < -0.4 is 15.6 Å². The van der Waals surface area contributed by atoms with Crippen LogP contribution in [0.5, 0.6) is 5.75 Å². The molecule has 7 nitrogen and oxygen atoms in total. The highest BCUT2D eigenvalue weighted by molar-refractivity contribution is 6.04. The summed E-state index contributed by atoms with van der Waals surface area (Å²) in [6.07, 6.45) is 0.996. The van der Waals surface area contributed by atoms with Crippen LogP contribution in [0.25, 0.3) is 0 Å². The van der Waals surface area contributed by atoms with Gasteiger partial charge in [0.05, 0.1) is 12.7 Å². The van der Waals surface area contributed by atoms with E-state index in [0.29, 0.717) is 41.0 Å². The number of hydrogen-bond donors (Lipinski definition) is 2. The molecule has 0 saturated heterocycles. The predicted octanol–water partition coefficient (Wildman–Crippen LogP) is 2.83. The van der Waals surface area contributed by atoms with Crippen molar-refractivity contribution >= 4 is 17.6 Å². The SMILES string of the molecule is COc1ccc(C(=O)NNC(=O)c2oc3c(c2C)C(=O)CC(C)(C)C3)cc1. The molecular weight excluding hydrogens is 348 g/mol. The van der Waals surface area contributed by atoms with Gasteiger partial charge in [0, 0.05) is 24.0 Å². The zero-order chi connectivity index (χ0) is 19.8. The number of methoxy groups -OCH3 is 1. The number of carbonyl (C=O) groups excluding carboxylic acids is 3. The number of rotatable bonds is 3. The number of ether oxygens (including phenoxy) is 1. The Balaban J connectivity index is 1.72. The van der Waals surface area contributed by atoms with Gasteiger partial charge in [-0.15, -0.1) is 0 Å². The van der Waals surface area contributed by atoms with E-state index in [0.717, 1.165) is 0 Å². The van der Waals surface area contributed by atoms with E-state index >= 15 is 0 Å². The van der Waals surface area contributed by atoms with Crippen molar-refractivity contribution in [1.82, 2.24) is 10.9 Å². The first-order valence-electron chi connectivity index (χ1n) is 8.62. The van der Waals surface area contributed by atoms with E-state index in [4.69, 9.17) is 9.15 Å². The fourth-order valence-electron chi connectivity index (χ4n) is 3.28. The molecule has 2 aromatic rings. The molecule has 142 valence electrons. The van der Waals surface area contributed by atoms with Crippen LogP contribution in [0.3, 0.4) is 0 Å².